The molecule has 0 saturated heterocycles. The lowest BCUT2D eigenvalue weighted by Crippen LogP contribution is -2.45. The van der Waals surface area contributed by atoms with Crippen LogP contribution in [0.15, 0.2) is 34.2 Å². The maximum absolute atomic E-state index is 11.9. The van der Waals surface area contributed by atoms with E-state index in [2.05, 4.69) is 25.8 Å². The summed E-state index contributed by atoms with van der Waals surface area (Å²) in [5, 5.41) is 13.4. The molecule has 24 heavy (non-hydrogen) atoms. The molecule has 2 N–H and O–H groups in total. The molecule has 1 atom stereocenters. The minimum atomic E-state index is -0.585. The monoisotopic (exact) mass is 349 g/mol. The molecule has 0 bridgehead atoms. The van der Waals surface area contributed by atoms with Crippen LogP contribution in [-0.4, -0.2) is 45.3 Å². The van der Waals surface area contributed by atoms with E-state index in [1.807, 2.05) is 6.92 Å². The molecular formula is C15H19N5O3S. The SMILES string of the molecule is CCCNC(=O)[C@H](C)NC(=O)CSc1nnc(-c2cccnc2)o1. The number of carbonyl (C=O) groups is 2. The van der Waals surface area contributed by atoms with Crippen molar-refractivity contribution in [1.29, 1.82) is 0 Å². The second-order valence-electron chi connectivity index (χ2n) is 4.98. The zero-order valence-corrected chi connectivity index (χ0v) is 14.3. The van der Waals surface area contributed by atoms with Crippen molar-refractivity contribution >= 4 is 23.6 Å². The molecule has 2 rings (SSSR count). The number of thioether (sulfide) groups is 1. The Morgan fingerprint density at radius 1 is 1.38 bits per heavy atom. The first-order valence-corrected chi connectivity index (χ1v) is 8.52. The van der Waals surface area contributed by atoms with E-state index in [0.717, 1.165) is 18.2 Å². The summed E-state index contributed by atoms with van der Waals surface area (Å²) in [7, 11) is 0. The van der Waals surface area contributed by atoms with Gasteiger partial charge in [0.05, 0.1) is 11.3 Å². The molecule has 0 saturated carbocycles. The fourth-order valence-electron chi connectivity index (χ4n) is 1.75. The van der Waals surface area contributed by atoms with E-state index in [0.29, 0.717) is 18.0 Å². The Bertz CT molecular complexity index is 677. The normalized spacial score (nSPS) is 11.8. The van der Waals surface area contributed by atoms with Crippen molar-refractivity contribution in [2.45, 2.75) is 31.5 Å². The van der Waals surface area contributed by atoms with Crippen molar-refractivity contribution in [3.8, 4) is 11.5 Å². The summed E-state index contributed by atoms with van der Waals surface area (Å²) in [6.07, 6.45) is 4.11. The highest BCUT2D eigenvalue weighted by Gasteiger charge is 2.16. The van der Waals surface area contributed by atoms with E-state index >= 15 is 0 Å². The van der Waals surface area contributed by atoms with Crippen molar-refractivity contribution in [2.75, 3.05) is 12.3 Å². The van der Waals surface area contributed by atoms with Gasteiger partial charge in [0.25, 0.3) is 5.22 Å². The first-order valence-electron chi connectivity index (χ1n) is 7.54. The number of nitrogens with one attached hydrogen (secondary N) is 2. The molecule has 0 aliphatic rings. The molecule has 0 unspecified atom stereocenters. The third-order valence-corrected chi connectivity index (χ3v) is 3.78. The fourth-order valence-corrected chi connectivity index (χ4v) is 2.33. The molecule has 2 aromatic rings. The average molecular weight is 349 g/mol. The summed E-state index contributed by atoms with van der Waals surface area (Å²) in [6.45, 7) is 4.19. The number of rotatable bonds is 8. The van der Waals surface area contributed by atoms with Crippen molar-refractivity contribution < 1.29 is 14.0 Å². The molecule has 0 aliphatic heterocycles. The van der Waals surface area contributed by atoms with Crippen LogP contribution < -0.4 is 10.6 Å². The average Bonchev–Trinajstić information content (AvgIpc) is 3.07. The predicted molar refractivity (Wildman–Crippen MR) is 89.2 cm³/mol. The Hall–Kier alpha value is -2.42. The van der Waals surface area contributed by atoms with Gasteiger partial charge < -0.3 is 15.1 Å². The van der Waals surface area contributed by atoms with Gasteiger partial charge >= 0.3 is 0 Å². The van der Waals surface area contributed by atoms with Crippen molar-refractivity contribution in [3.05, 3.63) is 24.5 Å². The molecule has 0 aromatic carbocycles. The van der Waals surface area contributed by atoms with Crippen LogP contribution in [0.2, 0.25) is 0 Å². The molecule has 2 amide bonds. The lowest BCUT2D eigenvalue weighted by atomic mass is 10.3. The van der Waals surface area contributed by atoms with Gasteiger partial charge in [-0.15, -0.1) is 10.2 Å². The summed E-state index contributed by atoms with van der Waals surface area (Å²) >= 11 is 1.11. The van der Waals surface area contributed by atoms with Crippen LogP contribution in [0.25, 0.3) is 11.5 Å². The number of amides is 2. The molecule has 2 aromatic heterocycles. The number of hydrogen-bond donors (Lipinski definition) is 2. The van der Waals surface area contributed by atoms with Crippen LogP contribution in [0.5, 0.6) is 0 Å². The van der Waals surface area contributed by atoms with Gasteiger partial charge in [0, 0.05) is 18.9 Å². The van der Waals surface area contributed by atoms with Crippen molar-refractivity contribution in [2.24, 2.45) is 0 Å². The third-order valence-electron chi connectivity index (χ3n) is 2.96. The van der Waals surface area contributed by atoms with Crippen LogP contribution in [0.3, 0.4) is 0 Å². The van der Waals surface area contributed by atoms with Crippen molar-refractivity contribution in [3.63, 3.8) is 0 Å². The summed E-state index contributed by atoms with van der Waals surface area (Å²) in [5.74, 6) is -0.0504. The van der Waals surface area contributed by atoms with E-state index in [9.17, 15) is 9.59 Å². The third kappa shape index (κ3) is 5.34. The van der Waals surface area contributed by atoms with Gasteiger partial charge in [-0.3, -0.25) is 14.6 Å². The molecular weight excluding hydrogens is 330 g/mol. The Balaban J connectivity index is 1.80. The maximum Gasteiger partial charge on any atom is 0.277 e. The van der Waals surface area contributed by atoms with Crippen LogP contribution in [0.1, 0.15) is 20.3 Å². The van der Waals surface area contributed by atoms with Gasteiger partial charge in [0.15, 0.2) is 0 Å². The lowest BCUT2D eigenvalue weighted by Gasteiger charge is -2.13. The minimum Gasteiger partial charge on any atom is -0.411 e. The predicted octanol–water partition coefficient (Wildman–Crippen LogP) is 1.25. The Labute approximate surface area is 143 Å². The van der Waals surface area contributed by atoms with E-state index < -0.39 is 6.04 Å². The van der Waals surface area contributed by atoms with E-state index in [4.69, 9.17) is 4.42 Å². The van der Waals surface area contributed by atoms with Gasteiger partial charge in [-0.25, -0.2) is 0 Å². The number of hydrogen-bond acceptors (Lipinski definition) is 7. The number of aromatic nitrogens is 3. The maximum atomic E-state index is 11.9. The van der Waals surface area contributed by atoms with Gasteiger partial charge in [0.1, 0.15) is 6.04 Å². The molecule has 0 fully saturated rings. The zero-order chi connectivity index (χ0) is 17.4. The van der Waals surface area contributed by atoms with E-state index in [1.54, 1.807) is 31.5 Å². The van der Waals surface area contributed by atoms with Crippen LogP contribution in [0.4, 0.5) is 0 Å². The molecule has 0 radical (unpaired) electrons. The molecule has 8 nitrogen and oxygen atoms in total. The summed E-state index contributed by atoms with van der Waals surface area (Å²) in [5.41, 5.74) is 0.711. The van der Waals surface area contributed by atoms with Crippen LogP contribution in [-0.2, 0) is 9.59 Å². The second kappa shape index (κ2) is 9.02. The van der Waals surface area contributed by atoms with Gasteiger partial charge in [-0.2, -0.15) is 0 Å². The highest BCUT2D eigenvalue weighted by Crippen LogP contribution is 2.22. The first kappa shape index (κ1) is 17.9. The van der Waals surface area contributed by atoms with Gasteiger partial charge in [-0.1, -0.05) is 18.7 Å². The number of pyridine rings is 1. The Morgan fingerprint density at radius 3 is 2.92 bits per heavy atom. The molecule has 0 spiro atoms. The van der Waals surface area contributed by atoms with Crippen molar-refractivity contribution in [1.82, 2.24) is 25.8 Å². The highest BCUT2D eigenvalue weighted by molar-refractivity contribution is 7.99. The Kier molecular flexibility index (Phi) is 6.74. The Morgan fingerprint density at radius 2 is 2.21 bits per heavy atom. The first-order chi connectivity index (χ1) is 11.6. The smallest absolute Gasteiger partial charge is 0.277 e. The zero-order valence-electron chi connectivity index (χ0n) is 13.5. The highest BCUT2D eigenvalue weighted by atomic mass is 32.2. The van der Waals surface area contributed by atoms with Crippen LogP contribution in [0, 0.1) is 0 Å². The molecule has 2 heterocycles. The van der Waals surface area contributed by atoms with E-state index in [-0.39, 0.29) is 22.8 Å². The lowest BCUT2D eigenvalue weighted by molar-refractivity contribution is -0.127. The number of carbonyl (C=O) groups excluding carboxylic acids is 2. The quantitative estimate of drug-likeness (QED) is 0.690. The van der Waals surface area contributed by atoms with E-state index in [1.165, 1.54) is 0 Å². The minimum absolute atomic E-state index is 0.0834. The summed E-state index contributed by atoms with van der Waals surface area (Å²) in [4.78, 5) is 27.5. The van der Waals surface area contributed by atoms with Gasteiger partial charge in [0.2, 0.25) is 17.7 Å². The number of nitrogens with zero attached hydrogens (tertiary/aromatic N) is 3. The standard InChI is InChI=1S/C15H19N5O3S/c1-3-6-17-13(22)10(2)18-12(21)9-24-15-20-19-14(23-15)11-5-4-7-16-8-11/h4-5,7-8,10H,3,6,9H2,1-2H3,(H,17,22)(H,18,21)/t10-/m0/s1. The summed E-state index contributed by atoms with van der Waals surface area (Å²) < 4.78 is 5.47. The summed E-state index contributed by atoms with van der Waals surface area (Å²) in [6, 6.07) is 2.99. The topological polar surface area (TPSA) is 110 Å². The fraction of sp³-hybridized carbons (Fsp3) is 0.400. The largest absolute Gasteiger partial charge is 0.411 e. The van der Waals surface area contributed by atoms with Crippen LogP contribution >= 0.6 is 11.8 Å². The molecule has 0 aliphatic carbocycles. The molecule has 9 heteroatoms. The van der Waals surface area contributed by atoms with Gasteiger partial charge in [-0.05, 0) is 25.5 Å². The second-order valence-corrected chi connectivity index (χ2v) is 5.91. The molecule has 128 valence electrons.